The van der Waals surface area contributed by atoms with Crippen LogP contribution in [-0.2, 0) is 9.53 Å². The van der Waals surface area contributed by atoms with Gasteiger partial charge in [0.15, 0.2) is 0 Å². The number of carboxylic acid groups (broad SMARTS) is 1. The maximum Gasteiger partial charge on any atom is 0.339 e. The average molecular weight is 499 g/mol. The van der Waals surface area contributed by atoms with E-state index in [1.165, 1.54) is 31.4 Å². The average Bonchev–Trinajstić information content (AvgIpc) is 3.39. The molecule has 0 atom stereocenters. The minimum absolute atomic E-state index is 0.0556. The second-order valence-corrected chi connectivity index (χ2v) is 8.03. The standard InChI is InChI=1S/C24H16Cl2N2O6/c1-12-16(22(29)28(27-12)14-4-7-19(25)17(10-14)23(30)31)11-15-5-8-21(34-15)13-3-6-20(26)18(9-13)24(32)33-2/h3-11H,1-2H3,(H,30,31)/b16-11-. The summed E-state index contributed by atoms with van der Waals surface area (Å²) in [5, 5.41) is 15.0. The molecular weight excluding hydrogens is 483 g/mol. The van der Waals surface area contributed by atoms with Crippen LogP contribution in [0.15, 0.2) is 63.6 Å². The summed E-state index contributed by atoms with van der Waals surface area (Å²) in [6.07, 6.45) is 1.54. The third-order valence-electron chi connectivity index (χ3n) is 5.06. The Bertz CT molecular complexity index is 1410. The third kappa shape index (κ3) is 4.33. The quantitative estimate of drug-likeness (QED) is 0.365. The fourth-order valence-corrected chi connectivity index (χ4v) is 3.73. The molecule has 4 rings (SSSR count). The van der Waals surface area contributed by atoms with Crippen molar-refractivity contribution in [2.45, 2.75) is 6.92 Å². The van der Waals surface area contributed by atoms with Gasteiger partial charge in [0.1, 0.15) is 11.5 Å². The van der Waals surface area contributed by atoms with Crippen molar-refractivity contribution in [3.8, 4) is 11.3 Å². The van der Waals surface area contributed by atoms with Crippen LogP contribution in [0.1, 0.15) is 33.4 Å². The summed E-state index contributed by atoms with van der Waals surface area (Å²) in [5.74, 6) is -1.40. The van der Waals surface area contributed by atoms with Crippen LogP contribution in [0.5, 0.6) is 0 Å². The topological polar surface area (TPSA) is 109 Å². The van der Waals surface area contributed by atoms with Gasteiger partial charge < -0.3 is 14.3 Å². The van der Waals surface area contributed by atoms with Gasteiger partial charge in [-0.2, -0.15) is 10.1 Å². The second kappa shape index (κ2) is 9.17. The lowest BCUT2D eigenvalue weighted by Crippen LogP contribution is -2.21. The molecule has 0 unspecified atom stereocenters. The predicted molar refractivity (Wildman–Crippen MR) is 127 cm³/mol. The molecule has 0 bridgehead atoms. The molecule has 1 aliphatic rings. The smallest absolute Gasteiger partial charge is 0.339 e. The highest BCUT2D eigenvalue weighted by Gasteiger charge is 2.30. The number of hydrogen-bond acceptors (Lipinski definition) is 6. The number of carbonyl (C=O) groups excluding carboxylic acids is 2. The zero-order chi connectivity index (χ0) is 24.6. The van der Waals surface area contributed by atoms with Crippen LogP contribution in [0.2, 0.25) is 10.0 Å². The maximum absolute atomic E-state index is 13.0. The number of methoxy groups -OCH3 is 1. The summed E-state index contributed by atoms with van der Waals surface area (Å²) in [6, 6.07) is 12.4. The van der Waals surface area contributed by atoms with Crippen LogP contribution < -0.4 is 5.01 Å². The number of anilines is 1. The Labute approximate surface area is 203 Å². The van der Waals surface area contributed by atoms with Gasteiger partial charge in [-0.15, -0.1) is 0 Å². The van der Waals surface area contributed by atoms with Gasteiger partial charge in [0.05, 0.1) is 45.3 Å². The number of carboxylic acids is 1. The van der Waals surface area contributed by atoms with Crippen molar-refractivity contribution in [2.24, 2.45) is 5.10 Å². The number of aromatic carboxylic acids is 1. The zero-order valence-electron chi connectivity index (χ0n) is 17.8. The van der Waals surface area contributed by atoms with Gasteiger partial charge in [0.2, 0.25) is 0 Å². The summed E-state index contributed by atoms with van der Waals surface area (Å²) >= 11 is 12.0. The van der Waals surface area contributed by atoms with Gasteiger partial charge in [-0.05, 0) is 61.5 Å². The van der Waals surface area contributed by atoms with Gasteiger partial charge in [-0.3, -0.25) is 4.79 Å². The van der Waals surface area contributed by atoms with E-state index < -0.39 is 17.8 Å². The molecular formula is C24H16Cl2N2O6. The van der Waals surface area contributed by atoms with Crippen molar-refractivity contribution in [3.05, 3.63) is 81.0 Å². The van der Waals surface area contributed by atoms with E-state index in [1.807, 2.05) is 0 Å². The Kier molecular flexibility index (Phi) is 6.28. The number of hydrazone groups is 1. The fraction of sp³-hybridized carbons (Fsp3) is 0.0833. The number of ether oxygens (including phenoxy) is 1. The molecule has 0 aliphatic carbocycles. The monoisotopic (exact) mass is 498 g/mol. The molecule has 2 aromatic carbocycles. The first-order chi connectivity index (χ1) is 16.2. The van der Waals surface area contributed by atoms with E-state index in [2.05, 4.69) is 5.10 Å². The van der Waals surface area contributed by atoms with Crippen molar-refractivity contribution in [1.29, 1.82) is 0 Å². The lowest BCUT2D eigenvalue weighted by molar-refractivity contribution is -0.114. The Balaban J connectivity index is 1.63. The number of furan rings is 1. The normalized spacial score (nSPS) is 14.5. The van der Waals surface area contributed by atoms with Crippen molar-refractivity contribution in [2.75, 3.05) is 12.1 Å². The van der Waals surface area contributed by atoms with Gasteiger partial charge >= 0.3 is 11.9 Å². The number of halogens is 2. The molecule has 1 amide bonds. The lowest BCUT2D eigenvalue weighted by Gasteiger charge is -2.12. The molecule has 0 fully saturated rings. The molecule has 1 N–H and O–H groups in total. The summed E-state index contributed by atoms with van der Waals surface area (Å²) in [4.78, 5) is 36.3. The number of nitrogens with zero attached hydrogens (tertiary/aromatic N) is 2. The van der Waals surface area contributed by atoms with Crippen molar-refractivity contribution < 1.29 is 28.6 Å². The predicted octanol–water partition coefficient (Wildman–Crippen LogP) is 5.54. The zero-order valence-corrected chi connectivity index (χ0v) is 19.3. The fourth-order valence-electron chi connectivity index (χ4n) is 3.34. The van der Waals surface area contributed by atoms with Crippen LogP contribution in [0, 0.1) is 0 Å². The van der Waals surface area contributed by atoms with E-state index >= 15 is 0 Å². The van der Waals surface area contributed by atoms with Crippen LogP contribution in [0.4, 0.5) is 5.69 Å². The summed E-state index contributed by atoms with van der Waals surface area (Å²) < 4.78 is 10.6. The Morgan fingerprint density at radius 2 is 1.76 bits per heavy atom. The van der Waals surface area contributed by atoms with Crippen LogP contribution in [0.25, 0.3) is 17.4 Å². The molecule has 8 nitrogen and oxygen atoms in total. The minimum atomic E-state index is -1.21. The van der Waals surface area contributed by atoms with Gasteiger partial charge in [-0.25, -0.2) is 9.59 Å². The molecule has 0 saturated carbocycles. The third-order valence-corrected chi connectivity index (χ3v) is 5.72. The number of carbonyl (C=O) groups is 3. The van der Waals surface area contributed by atoms with Crippen molar-refractivity contribution >= 4 is 58.5 Å². The molecule has 10 heteroatoms. The molecule has 1 aliphatic heterocycles. The van der Waals surface area contributed by atoms with E-state index in [1.54, 1.807) is 37.3 Å². The summed E-state index contributed by atoms with van der Waals surface area (Å²) in [7, 11) is 1.26. The number of amides is 1. The van der Waals surface area contributed by atoms with E-state index in [-0.39, 0.29) is 32.4 Å². The van der Waals surface area contributed by atoms with Crippen molar-refractivity contribution in [3.63, 3.8) is 0 Å². The maximum atomic E-state index is 13.0. The van der Waals surface area contributed by atoms with Crippen molar-refractivity contribution in [1.82, 2.24) is 0 Å². The number of benzene rings is 2. The summed E-state index contributed by atoms with van der Waals surface area (Å²) in [5.41, 5.74) is 1.63. The molecule has 0 spiro atoms. The largest absolute Gasteiger partial charge is 0.478 e. The van der Waals surface area contributed by atoms with E-state index in [0.717, 1.165) is 5.01 Å². The van der Waals surface area contributed by atoms with Gasteiger partial charge in [0, 0.05) is 5.56 Å². The molecule has 1 aromatic heterocycles. The summed E-state index contributed by atoms with van der Waals surface area (Å²) in [6.45, 7) is 1.66. The van der Waals surface area contributed by atoms with E-state index in [0.29, 0.717) is 22.8 Å². The van der Waals surface area contributed by atoms with Gasteiger partial charge in [-0.1, -0.05) is 23.2 Å². The highest BCUT2D eigenvalue weighted by Crippen LogP contribution is 2.31. The molecule has 34 heavy (non-hydrogen) atoms. The Morgan fingerprint density at radius 1 is 1.06 bits per heavy atom. The first-order valence-electron chi connectivity index (χ1n) is 9.82. The molecule has 172 valence electrons. The number of hydrogen-bond donors (Lipinski definition) is 1. The first kappa shape index (κ1) is 23.3. The molecule has 2 heterocycles. The molecule has 0 saturated heterocycles. The van der Waals surface area contributed by atoms with Crippen LogP contribution in [0.3, 0.4) is 0 Å². The first-order valence-corrected chi connectivity index (χ1v) is 10.6. The highest BCUT2D eigenvalue weighted by atomic mass is 35.5. The SMILES string of the molecule is COC(=O)c1cc(-c2ccc(/C=C3\C(=O)N(c4ccc(Cl)c(C(=O)O)c4)N=C3C)o2)ccc1Cl. The Hall–Kier alpha value is -3.88. The second-order valence-electron chi connectivity index (χ2n) is 7.22. The van der Waals surface area contributed by atoms with Crippen LogP contribution >= 0.6 is 23.2 Å². The molecule has 0 radical (unpaired) electrons. The minimum Gasteiger partial charge on any atom is -0.478 e. The number of esters is 1. The van der Waals surface area contributed by atoms with Crippen LogP contribution in [-0.4, -0.2) is 35.8 Å². The highest BCUT2D eigenvalue weighted by molar-refractivity contribution is 6.35. The van der Waals surface area contributed by atoms with Gasteiger partial charge in [0.25, 0.3) is 5.91 Å². The lowest BCUT2D eigenvalue weighted by atomic mass is 10.1. The van der Waals surface area contributed by atoms with E-state index in [9.17, 15) is 19.5 Å². The number of rotatable bonds is 5. The molecule has 3 aromatic rings. The van der Waals surface area contributed by atoms with E-state index in [4.69, 9.17) is 32.4 Å². The Morgan fingerprint density at radius 3 is 2.47 bits per heavy atom.